The zero-order valence-corrected chi connectivity index (χ0v) is 13.0. The Balaban J connectivity index is 1.75. The third-order valence-electron chi connectivity index (χ3n) is 5.02. The van der Waals surface area contributed by atoms with Crippen LogP contribution >= 0.6 is 0 Å². The summed E-state index contributed by atoms with van der Waals surface area (Å²) in [5, 5.41) is 3.78. The highest BCUT2D eigenvalue weighted by Crippen LogP contribution is 2.38. The number of aromatic nitrogens is 1. The van der Waals surface area contributed by atoms with Crippen molar-refractivity contribution in [2.75, 3.05) is 13.1 Å². The van der Waals surface area contributed by atoms with Gasteiger partial charge in [-0.2, -0.15) is 0 Å². The second-order valence-corrected chi connectivity index (χ2v) is 6.88. The molecule has 3 rings (SSSR count). The molecule has 0 aromatic carbocycles. The first kappa shape index (κ1) is 14.0. The first-order valence-electron chi connectivity index (χ1n) is 8.01. The van der Waals surface area contributed by atoms with E-state index >= 15 is 0 Å². The van der Waals surface area contributed by atoms with Gasteiger partial charge >= 0.3 is 0 Å². The van der Waals surface area contributed by atoms with Crippen molar-refractivity contribution in [3.63, 3.8) is 0 Å². The number of nitrogens with zero attached hydrogens (tertiary/aromatic N) is 2. The fraction of sp³-hybridized carbons (Fsp3) is 0.706. The van der Waals surface area contributed by atoms with Crippen molar-refractivity contribution in [3.05, 3.63) is 29.6 Å². The number of rotatable bonds is 4. The van der Waals surface area contributed by atoms with E-state index in [0.29, 0.717) is 6.04 Å². The molecule has 20 heavy (non-hydrogen) atoms. The molecule has 1 aliphatic carbocycles. The Morgan fingerprint density at radius 3 is 2.85 bits per heavy atom. The van der Waals surface area contributed by atoms with E-state index in [0.717, 1.165) is 31.2 Å². The summed E-state index contributed by atoms with van der Waals surface area (Å²) in [5.74, 6) is 0.911. The Bertz CT molecular complexity index is 469. The van der Waals surface area contributed by atoms with Gasteiger partial charge in [0.15, 0.2) is 0 Å². The molecular weight excluding hydrogens is 246 g/mol. The Labute approximate surface area is 122 Å². The molecule has 3 nitrogen and oxygen atoms in total. The Morgan fingerprint density at radius 1 is 1.40 bits per heavy atom. The summed E-state index contributed by atoms with van der Waals surface area (Å²) in [7, 11) is 0. The van der Waals surface area contributed by atoms with Crippen LogP contribution in [0.2, 0.25) is 0 Å². The molecule has 1 saturated carbocycles. The molecule has 110 valence electrons. The van der Waals surface area contributed by atoms with E-state index in [4.69, 9.17) is 4.98 Å². The third kappa shape index (κ3) is 3.04. The minimum atomic E-state index is 0.259. The lowest BCUT2D eigenvalue weighted by Crippen LogP contribution is -2.62. The van der Waals surface area contributed by atoms with Crippen molar-refractivity contribution < 1.29 is 0 Å². The van der Waals surface area contributed by atoms with Crippen LogP contribution in [0.1, 0.15) is 44.5 Å². The molecule has 0 radical (unpaired) electrons. The highest BCUT2D eigenvalue weighted by Gasteiger charge is 2.41. The summed E-state index contributed by atoms with van der Waals surface area (Å²) < 4.78 is 0. The molecule has 3 heteroatoms. The third-order valence-corrected chi connectivity index (χ3v) is 5.02. The highest BCUT2D eigenvalue weighted by molar-refractivity contribution is 5.11. The monoisotopic (exact) mass is 273 g/mol. The normalized spacial score (nSPS) is 31.4. The summed E-state index contributed by atoms with van der Waals surface area (Å²) >= 11 is 0. The van der Waals surface area contributed by atoms with Crippen LogP contribution in [0.5, 0.6) is 0 Å². The maximum absolute atomic E-state index is 4.69. The summed E-state index contributed by atoms with van der Waals surface area (Å²) in [6.45, 7) is 10.00. The second kappa shape index (κ2) is 5.45. The fourth-order valence-electron chi connectivity index (χ4n) is 3.35. The number of hydrogen-bond donors (Lipinski definition) is 1. The zero-order valence-electron chi connectivity index (χ0n) is 13.0. The predicted molar refractivity (Wildman–Crippen MR) is 82.6 cm³/mol. The first-order chi connectivity index (χ1) is 9.59. The molecule has 2 aliphatic rings. The molecule has 2 fully saturated rings. The lowest BCUT2D eigenvalue weighted by Gasteiger charge is -2.46. The summed E-state index contributed by atoms with van der Waals surface area (Å²) in [5.41, 5.74) is 2.60. The van der Waals surface area contributed by atoms with E-state index in [1.165, 1.54) is 25.0 Å². The average Bonchev–Trinajstić information content (AvgIpc) is 3.23. The van der Waals surface area contributed by atoms with E-state index in [-0.39, 0.29) is 5.54 Å². The predicted octanol–water partition coefficient (Wildman–Crippen LogP) is 2.74. The smallest absolute Gasteiger partial charge is 0.0547 e. The average molecular weight is 273 g/mol. The van der Waals surface area contributed by atoms with Crippen molar-refractivity contribution in [3.8, 4) is 0 Å². The molecule has 1 aromatic heterocycles. The number of pyridine rings is 1. The molecule has 0 bridgehead atoms. The van der Waals surface area contributed by atoms with E-state index in [9.17, 15) is 0 Å². The quantitative estimate of drug-likeness (QED) is 0.914. The summed E-state index contributed by atoms with van der Waals surface area (Å²) in [6, 6.07) is 7.08. The Hall–Kier alpha value is -0.930. The number of piperazine rings is 1. The molecule has 1 N–H and O–H groups in total. The molecule has 2 atom stereocenters. The van der Waals surface area contributed by atoms with Crippen LogP contribution in [0.25, 0.3) is 0 Å². The lowest BCUT2D eigenvalue weighted by molar-refractivity contribution is 0.0651. The van der Waals surface area contributed by atoms with E-state index in [2.05, 4.69) is 49.2 Å². The van der Waals surface area contributed by atoms with Crippen molar-refractivity contribution in [2.24, 2.45) is 5.92 Å². The largest absolute Gasteiger partial charge is 0.309 e. The van der Waals surface area contributed by atoms with Gasteiger partial charge in [-0.25, -0.2) is 0 Å². The van der Waals surface area contributed by atoms with Gasteiger partial charge in [0.2, 0.25) is 0 Å². The Morgan fingerprint density at radius 2 is 2.20 bits per heavy atom. The van der Waals surface area contributed by atoms with Gasteiger partial charge in [0.1, 0.15) is 0 Å². The van der Waals surface area contributed by atoms with E-state index in [1.54, 1.807) is 0 Å². The fourth-order valence-corrected chi connectivity index (χ4v) is 3.35. The van der Waals surface area contributed by atoms with Crippen LogP contribution in [-0.2, 0) is 6.54 Å². The van der Waals surface area contributed by atoms with Crippen LogP contribution < -0.4 is 5.32 Å². The topological polar surface area (TPSA) is 28.2 Å². The lowest BCUT2D eigenvalue weighted by atomic mass is 9.92. The van der Waals surface area contributed by atoms with Crippen LogP contribution in [-0.4, -0.2) is 34.6 Å². The number of aryl methyl sites for hydroxylation is 1. The van der Waals surface area contributed by atoms with Crippen molar-refractivity contribution >= 4 is 0 Å². The standard InChI is InChI=1S/C17H27N3/c1-4-17(3)12-20(16(10-18-17)14-8-9-14)11-15-7-5-6-13(2)19-15/h5-7,14,16,18H,4,8-12H2,1-3H3. The van der Waals surface area contributed by atoms with E-state index < -0.39 is 0 Å². The maximum Gasteiger partial charge on any atom is 0.0547 e. The van der Waals surface area contributed by atoms with Gasteiger partial charge in [0.25, 0.3) is 0 Å². The van der Waals surface area contributed by atoms with Crippen LogP contribution in [0.15, 0.2) is 18.2 Å². The van der Waals surface area contributed by atoms with Gasteiger partial charge in [-0.15, -0.1) is 0 Å². The second-order valence-electron chi connectivity index (χ2n) is 6.88. The van der Waals surface area contributed by atoms with Crippen LogP contribution in [0.4, 0.5) is 0 Å². The number of nitrogens with one attached hydrogen (secondary N) is 1. The molecule has 1 saturated heterocycles. The SMILES string of the molecule is CCC1(C)CN(Cc2cccc(C)n2)C(C2CC2)CN1. The molecule has 0 amide bonds. The first-order valence-corrected chi connectivity index (χ1v) is 8.01. The van der Waals surface area contributed by atoms with Gasteiger partial charge in [0.05, 0.1) is 5.69 Å². The van der Waals surface area contributed by atoms with Crippen LogP contribution in [0.3, 0.4) is 0 Å². The van der Waals surface area contributed by atoms with Crippen LogP contribution in [0, 0.1) is 12.8 Å². The number of hydrogen-bond acceptors (Lipinski definition) is 3. The highest BCUT2D eigenvalue weighted by atomic mass is 15.3. The molecule has 2 heterocycles. The van der Waals surface area contributed by atoms with Gasteiger partial charge < -0.3 is 5.32 Å². The van der Waals surface area contributed by atoms with Crippen molar-refractivity contribution in [1.29, 1.82) is 0 Å². The van der Waals surface area contributed by atoms with Gasteiger partial charge in [-0.1, -0.05) is 13.0 Å². The molecule has 1 aromatic rings. The van der Waals surface area contributed by atoms with Gasteiger partial charge in [-0.3, -0.25) is 9.88 Å². The Kier molecular flexibility index (Phi) is 3.83. The van der Waals surface area contributed by atoms with Crippen molar-refractivity contribution in [1.82, 2.24) is 15.2 Å². The molecule has 0 spiro atoms. The summed E-state index contributed by atoms with van der Waals surface area (Å²) in [4.78, 5) is 7.37. The molecule has 2 unspecified atom stereocenters. The maximum atomic E-state index is 4.69. The van der Waals surface area contributed by atoms with Gasteiger partial charge in [-0.05, 0) is 51.2 Å². The molecular formula is C17H27N3. The summed E-state index contributed by atoms with van der Waals surface area (Å²) in [6.07, 6.45) is 4.00. The molecule has 1 aliphatic heterocycles. The van der Waals surface area contributed by atoms with E-state index in [1.807, 2.05) is 0 Å². The minimum absolute atomic E-state index is 0.259. The van der Waals surface area contributed by atoms with Crippen molar-refractivity contribution in [2.45, 2.75) is 58.2 Å². The van der Waals surface area contributed by atoms with Gasteiger partial charge in [0, 0.05) is 36.9 Å². The minimum Gasteiger partial charge on any atom is -0.309 e. The zero-order chi connectivity index (χ0) is 14.2.